The molecule has 0 fully saturated rings. The van der Waals surface area contributed by atoms with Crippen molar-refractivity contribution in [1.82, 2.24) is 14.9 Å². The summed E-state index contributed by atoms with van der Waals surface area (Å²) in [5.74, 6) is 0.0219. The highest BCUT2D eigenvalue weighted by molar-refractivity contribution is 5.75. The number of hydrogen-bond donors (Lipinski definition) is 1. The van der Waals surface area contributed by atoms with Gasteiger partial charge in [-0.1, -0.05) is 12.1 Å². The van der Waals surface area contributed by atoms with E-state index < -0.39 is 12.8 Å². The van der Waals surface area contributed by atoms with Crippen LogP contribution in [0.4, 0.5) is 13.2 Å². The zero-order chi connectivity index (χ0) is 16.7. The van der Waals surface area contributed by atoms with E-state index in [1.165, 1.54) is 12.1 Å². The molecule has 1 aromatic carbocycles. The predicted molar refractivity (Wildman–Crippen MR) is 76.7 cm³/mol. The van der Waals surface area contributed by atoms with E-state index >= 15 is 0 Å². The van der Waals surface area contributed by atoms with Gasteiger partial charge in [0.2, 0.25) is 5.91 Å². The summed E-state index contributed by atoms with van der Waals surface area (Å²) >= 11 is 0. The standard InChI is InChI=1S/C15H16F3N3O2/c16-15(17,18)10-23-13-3-1-12(2-4-13)9-20-14(22)5-7-21-8-6-19-11-21/h1-4,6,8,11H,5,7,9-10H2,(H,20,22). The lowest BCUT2D eigenvalue weighted by Crippen LogP contribution is -2.23. The van der Waals surface area contributed by atoms with Crippen molar-refractivity contribution in [2.75, 3.05) is 6.61 Å². The highest BCUT2D eigenvalue weighted by Gasteiger charge is 2.28. The fourth-order valence-electron chi connectivity index (χ4n) is 1.81. The Kier molecular flexibility index (Phi) is 5.61. The Balaban J connectivity index is 1.72. The van der Waals surface area contributed by atoms with E-state index in [-0.39, 0.29) is 11.7 Å². The summed E-state index contributed by atoms with van der Waals surface area (Å²) in [6.07, 6.45) is 1.01. The summed E-state index contributed by atoms with van der Waals surface area (Å²) in [7, 11) is 0. The fourth-order valence-corrected chi connectivity index (χ4v) is 1.81. The van der Waals surface area contributed by atoms with Crippen molar-refractivity contribution in [2.24, 2.45) is 0 Å². The minimum atomic E-state index is -4.36. The van der Waals surface area contributed by atoms with E-state index in [4.69, 9.17) is 0 Å². The molecule has 2 rings (SSSR count). The van der Waals surface area contributed by atoms with Gasteiger partial charge in [-0.2, -0.15) is 13.2 Å². The molecule has 0 bridgehead atoms. The maximum Gasteiger partial charge on any atom is 0.422 e. The minimum absolute atomic E-state index is 0.115. The molecule has 0 radical (unpaired) electrons. The summed E-state index contributed by atoms with van der Waals surface area (Å²) in [5, 5.41) is 2.74. The summed E-state index contributed by atoms with van der Waals surface area (Å²) < 4.78 is 42.5. The van der Waals surface area contributed by atoms with Crippen LogP contribution in [0.25, 0.3) is 0 Å². The molecule has 1 N–H and O–H groups in total. The Hall–Kier alpha value is -2.51. The summed E-state index contributed by atoms with van der Waals surface area (Å²) in [6.45, 7) is -0.476. The maximum atomic E-state index is 12.0. The van der Waals surface area contributed by atoms with E-state index in [1.807, 2.05) is 0 Å². The molecule has 5 nitrogen and oxygen atoms in total. The van der Waals surface area contributed by atoms with Crippen LogP contribution in [0.1, 0.15) is 12.0 Å². The van der Waals surface area contributed by atoms with E-state index in [0.29, 0.717) is 19.5 Å². The second-order valence-electron chi connectivity index (χ2n) is 4.88. The van der Waals surface area contributed by atoms with E-state index in [2.05, 4.69) is 15.0 Å². The first-order valence-corrected chi connectivity index (χ1v) is 6.93. The second-order valence-corrected chi connectivity index (χ2v) is 4.88. The number of alkyl halides is 3. The lowest BCUT2D eigenvalue weighted by atomic mass is 10.2. The van der Waals surface area contributed by atoms with Crippen LogP contribution in [0.5, 0.6) is 5.75 Å². The van der Waals surface area contributed by atoms with Crippen LogP contribution in [-0.2, 0) is 17.9 Å². The Bertz CT molecular complexity index is 610. The lowest BCUT2D eigenvalue weighted by Gasteiger charge is -2.10. The van der Waals surface area contributed by atoms with Gasteiger partial charge in [0.05, 0.1) is 6.33 Å². The Morgan fingerprint density at radius 2 is 2.00 bits per heavy atom. The molecule has 1 amide bonds. The van der Waals surface area contributed by atoms with Crippen molar-refractivity contribution in [1.29, 1.82) is 0 Å². The number of carbonyl (C=O) groups excluding carboxylic acids is 1. The third kappa shape index (κ3) is 6.41. The normalized spacial score (nSPS) is 11.3. The van der Waals surface area contributed by atoms with Crippen LogP contribution in [0.2, 0.25) is 0 Å². The molecule has 0 aliphatic heterocycles. The largest absolute Gasteiger partial charge is 0.484 e. The molecule has 0 saturated carbocycles. The molecule has 1 aromatic heterocycles. The first kappa shape index (κ1) is 16.9. The first-order valence-electron chi connectivity index (χ1n) is 6.93. The molecule has 8 heteroatoms. The molecule has 1 heterocycles. The molecule has 0 unspecified atom stereocenters. The topological polar surface area (TPSA) is 56.2 Å². The number of rotatable bonds is 7. The van der Waals surface area contributed by atoms with Gasteiger partial charge in [0.1, 0.15) is 5.75 Å². The maximum absolute atomic E-state index is 12.0. The van der Waals surface area contributed by atoms with Crippen LogP contribution >= 0.6 is 0 Å². The minimum Gasteiger partial charge on any atom is -0.484 e. The number of amides is 1. The molecule has 0 spiro atoms. The monoisotopic (exact) mass is 327 g/mol. The van der Waals surface area contributed by atoms with Crippen LogP contribution < -0.4 is 10.1 Å². The van der Waals surface area contributed by atoms with Crippen molar-refractivity contribution in [2.45, 2.75) is 25.7 Å². The molecule has 0 atom stereocenters. The number of nitrogens with one attached hydrogen (secondary N) is 1. The van der Waals surface area contributed by atoms with Crippen molar-refractivity contribution >= 4 is 5.91 Å². The summed E-state index contributed by atoms with van der Waals surface area (Å²) in [4.78, 5) is 15.6. The number of benzene rings is 1. The van der Waals surface area contributed by atoms with Crippen LogP contribution in [0.15, 0.2) is 43.0 Å². The van der Waals surface area contributed by atoms with E-state index in [9.17, 15) is 18.0 Å². The van der Waals surface area contributed by atoms with Gasteiger partial charge in [0.15, 0.2) is 6.61 Å². The number of halogens is 3. The molecular formula is C15H16F3N3O2. The molecule has 0 saturated heterocycles. The highest BCUT2D eigenvalue weighted by atomic mass is 19.4. The number of imidazole rings is 1. The Morgan fingerprint density at radius 3 is 2.61 bits per heavy atom. The molecule has 2 aromatic rings. The van der Waals surface area contributed by atoms with Gasteiger partial charge in [-0.3, -0.25) is 4.79 Å². The van der Waals surface area contributed by atoms with E-state index in [1.54, 1.807) is 35.4 Å². The number of nitrogens with zero attached hydrogens (tertiary/aromatic N) is 2. The molecule has 0 aliphatic carbocycles. The van der Waals surface area contributed by atoms with Gasteiger partial charge in [0, 0.05) is 31.9 Å². The summed E-state index contributed by atoms with van der Waals surface area (Å²) in [5.41, 5.74) is 0.778. The van der Waals surface area contributed by atoms with Gasteiger partial charge in [-0.05, 0) is 17.7 Å². The quantitative estimate of drug-likeness (QED) is 0.850. The number of aryl methyl sites for hydroxylation is 1. The van der Waals surface area contributed by atoms with Crippen molar-refractivity contribution in [3.05, 3.63) is 48.5 Å². The van der Waals surface area contributed by atoms with Crippen molar-refractivity contribution in [3.63, 3.8) is 0 Å². The number of hydrogen-bond acceptors (Lipinski definition) is 3. The van der Waals surface area contributed by atoms with Crippen LogP contribution in [0.3, 0.4) is 0 Å². The van der Waals surface area contributed by atoms with E-state index in [0.717, 1.165) is 5.56 Å². The smallest absolute Gasteiger partial charge is 0.422 e. The van der Waals surface area contributed by atoms with Gasteiger partial charge < -0.3 is 14.6 Å². The molecule has 124 valence electrons. The lowest BCUT2D eigenvalue weighted by molar-refractivity contribution is -0.153. The zero-order valence-corrected chi connectivity index (χ0v) is 12.2. The first-order chi connectivity index (χ1) is 10.9. The Labute approximate surface area is 131 Å². The summed E-state index contributed by atoms with van der Waals surface area (Å²) in [6, 6.07) is 6.11. The number of ether oxygens (including phenoxy) is 1. The third-order valence-electron chi connectivity index (χ3n) is 2.97. The fraction of sp³-hybridized carbons (Fsp3) is 0.333. The highest BCUT2D eigenvalue weighted by Crippen LogP contribution is 2.18. The van der Waals surface area contributed by atoms with Crippen molar-refractivity contribution < 1.29 is 22.7 Å². The Morgan fingerprint density at radius 1 is 1.26 bits per heavy atom. The van der Waals surface area contributed by atoms with Gasteiger partial charge in [0.25, 0.3) is 0 Å². The number of aromatic nitrogens is 2. The molecule has 23 heavy (non-hydrogen) atoms. The molecular weight excluding hydrogens is 311 g/mol. The van der Waals surface area contributed by atoms with Crippen LogP contribution in [0, 0.1) is 0 Å². The average molecular weight is 327 g/mol. The zero-order valence-electron chi connectivity index (χ0n) is 12.2. The number of carbonyl (C=O) groups is 1. The predicted octanol–water partition coefficient (Wildman–Crippen LogP) is 2.53. The van der Waals surface area contributed by atoms with Gasteiger partial charge >= 0.3 is 6.18 Å². The van der Waals surface area contributed by atoms with Gasteiger partial charge in [-0.25, -0.2) is 4.98 Å². The average Bonchev–Trinajstić information content (AvgIpc) is 3.02. The third-order valence-corrected chi connectivity index (χ3v) is 2.97. The van der Waals surface area contributed by atoms with Crippen molar-refractivity contribution in [3.8, 4) is 5.75 Å². The van der Waals surface area contributed by atoms with Gasteiger partial charge in [-0.15, -0.1) is 0 Å². The van der Waals surface area contributed by atoms with Crippen LogP contribution in [-0.4, -0.2) is 28.2 Å². The second kappa shape index (κ2) is 7.66. The SMILES string of the molecule is O=C(CCn1ccnc1)NCc1ccc(OCC(F)(F)F)cc1. The molecule has 0 aliphatic rings.